The van der Waals surface area contributed by atoms with Gasteiger partial charge in [0.2, 0.25) is 5.91 Å². The molecule has 2 aliphatic rings. The summed E-state index contributed by atoms with van der Waals surface area (Å²) in [7, 11) is 0. The number of rotatable bonds is 5. The molecule has 0 bridgehead atoms. The van der Waals surface area contributed by atoms with E-state index in [2.05, 4.69) is 41.4 Å². The molecule has 2 saturated heterocycles. The summed E-state index contributed by atoms with van der Waals surface area (Å²) in [5.41, 5.74) is 2.51. The van der Waals surface area contributed by atoms with Gasteiger partial charge in [0.05, 0.1) is 6.61 Å². The summed E-state index contributed by atoms with van der Waals surface area (Å²) < 4.78 is 5.47. The van der Waals surface area contributed by atoms with E-state index in [1.165, 1.54) is 11.3 Å². The second-order valence-corrected chi connectivity index (χ2v) is 7.04. The lowest BCUT2D eigenvalue weighted by atomic mass is 10.0. The molecule has 132 valence electrons. The minimum Gasteiger partial charge on any atom is -0.382 e. The first-order chi connectivity index (χ1) is 11.6. The van der Waals surface area contributed by atoms with Gasteiger partial charge in [0.15, 0.2) is 0 Å². The highest BCUT2D eigenvalue weighted by Crippen LogP contribution is 2.21. The first-order valence-electron chi connectivity index (χ1n) is 9.03. The van der Waals surface area contributed by atoms with Crippen molar-refractivity contribution in [1.29, 1.82) is 0 Å². The van der Waals surface area contributed by atoms with Crippen LogP contribution in [0.5, 0.6) is 0 Å². The predicted molar refractivity (Wildman–Crippen MR) is 96.0 cm³/mol. The van der Waals surface area contributed by atoms with E-state index in [0.717, 1.165) is 52.4 Å². The molecular weight excluding hydrogens is 302 g/mol. The Morgan fingerprint density at radius 2 is 1.96 bits per heavy atom. The molecule has 2 atom stereocenters. The molecule has 5 heteroatoms. The van der Waals surface area contributed by atoms with Crippen molar-refractivity contribution >= 4 is 11.6 Å². The number of piperazine rings is 1. The number of anilines is 1. The van der Waals surface area contributed by atoms with E-state index in [0.29, 0.717) is 12.0 Å². The standard InChI is InChI=1S/C19H29N3O2/c1-15(18-7-12-24-14-18)20-19-5-3-17(4-6-19)13-21-8-10-22(11-9-21)16(2)23/h3-6,15,18,20H,7-14H2,1-2H3/t15-,18-/m1/s1. The van der Waals surface area contributed by atoms with E-state index < -0.39 is 0 Å². The third kappa shape index (κ3) is 4.48. The molecule has 0 saturated carbocycles. The lowest BCUT2D eigenvalue weighted by Gasteiger charge is -2.34. The molecule has 2 aliphatic heterocycles. The summed E-state index contributed by atoms with van der Waals surface area (Å²) in [6.45, 7) is 10.2. The zero-order valence-electron chi connectivity index (χ0n) is 14.8. The van der Waals surface area contributed by atoms with Crippen LogP contribution in [0, 0.1) is 5.92 Å². The zero-order valence-corrected chi connectivity index (χ0v) is 14.8. The number of carbonyl (C=O) groups excluding carboxylic acids is 1. The molecule has 0 aliphatic carbocycles. The van der Waals surface area contributed by atoms with Gasteiger partial charge in [-0.2, -0.15) is 0 Å². The van der Waals surface area contributed by atoms with Gasteiger partial charge in [-0.1, -0.05) is 12.1 Å². The predicted octanol–water partition coefficient (Wildman–Crippen LogP) is 2.19. The molecular formula is C19H29N3O2. The maximum absolute atomic E-state index is 11.4. The SMILES string of the molecule is CC(=O)N1CCN(Cc2ccc(N[C@H](C)[C@@H]3CCOC3)cc2)CC1. The highest BCUT2D eigenvalue weighted by atomic mass is 16.5. The Kier molecular flexibility index (Phi) is 5.74. The first-order valence-corrected chi connectivity index (χ1v) is 9.03. The van der Waals surface area contributed by atoms with E-state index in [-0.39, 0.29) is 5.91 Å². The van der Waals surface area contributed by atoms with Crippen LogP contribution in [0.1, 0.15) is 25.8 Å². The molecule has 0 unspecified atom stereocenters. The van der Waals surface area contributed by atoms with Crippen LogP contribution < -0.4 is 5.32 Å². The lowest BCUT2D eigenvalue weighted by molar-refractivity contribution is -0.130. The molecule has 2 heterocycles. The number of hydrogen-bond donors (Lipinski definition) is 1. The Bertz CT molecular complexity index is 532. The molecule has 0 spiro atoms. The normalized spacial score (nSPS) is 23.2. The molecule has 1 N–H and O–H groups in total. The number of ether oxygens (including phenoxy) is 1. The average Bonchev–Trinajstić information content (AvgIpc) is 3.12. The maximum Gasteiger partial charge on any atom is 0.219 e. The van der Waals surface area contributed by atoms with Crippen LogP contribution in [0.2, 0.25) is 0 Å². The van der Waals surface area contributed by atoms with Crippen molar-refractivity contribution in [3.8, 4) is 0 Å². The summed E-state index contributed by atoms with van der Waals surface area (Å²) in [4.78, 5) is 15.7. The molecule has 1 amide bonds. The molecule has 3 rings (SSSR count). The van der Waals surface area contributed by atoms with Gasteiger partial charge in [0, 0.05) is 63.9 Å². The minimum atomic E-state index is 0.187. The molecule has 5 nitrogen and oxygen atoms in total. The van der Waals surface area contributed by atoms with Crippen molar-refractivity contribution in [2.45, 2.75) is 32.9 Å². The fourth-order valence-electron chi connectivity index (χ4n) is 3.51. The van der Waals surface area contributed by atoms with Gasteiger partial charge < -0.3 is 15.0 Å². The zero-order chi connectivity index (χ0) is 16.9. The number of nitrogens with one attached hydrogen (secondary N) is 1. The second kappa shape index (κ2) is 7.99. The Morgan fingerprint density at radius 1 is 1.25 bits per heavy atom. The van der Waals surface area contributed by atoms with Crippen LogP contribution in [-0.2, 0) is 16.1 Å². The Balaban J connectivity index is 1.47. The molecule has 24 heavy (non-hydrogen) atoms. The summed E-state index contributed by atoms with van der Waals surface area (Å²) in [5.74, 6) is 0.800. The number of amides is 1. The van der Waals surface area contributed by atoms with E-state index in [1.807, 2.05) is 4.90 Å². The van der Waals surface area contributed by atoms with Crippen molar-refractivity contribution in [3.05, 3.63) is 29.8 Å². The molecule has 1 aromatic carbocycles. The van der Waals surface area contributed by atoms with Crippen LogP contribution in [-0.4, -0.2) is 61.1 Å². The minimum absolute atomic E-state index is 0.187. The topological polar surface area (TPSA) is 44.8 Å². The third-order valence-electron chi connectivity index (χ3n) is 5.24. The average molecular weight is 331 g/mol. The van der Waals surface area contributed by atoms with Gasteiger partial charge in [-0.25, -0.2) is 0 Å². The molecule has 0 radical (unpaired) electrons. The van der Waals surface area contributed by atoms with Gasteiger partial charge in [-0.3, -0.25) is 9.69 Å². The fourth-order valence-corrected chi connectivity index (χ4v) is 3.51. The number of nitrogens with zero attached hydrogens (tertiary/aromatic N) is 2. The van der Waals surface area contributed by atoms with Crippen molar-refractivity contribution < 1.29 is 9.53 Å². The van der Waals surface area contributed by atoms with Crippen molar-refractivity contribution in [1.82, 2.24) is 9.80 Å². The van der Waals surface area contributed by atoms with Gasteiger partial charge in [-0.15, -0.1) is 0 Å². The van der Waals surface area contributed by atoms with E-state index in [9.17, 15) is 4.79 Å². The largest absolute Gasteiger partial charge is 0.382 e. The quantitative estimate of drug-likeness (QED) is 0.898. The van der Waals surface area contributed by atoms with Crippen LogP contribution in [0.25, 0.3) is 0 Å². The number of hydrogen-bond acceptors (Lipinski definition) is 4. The number of carbonyl (C=O) groups is 1. The Hall–Kier alpha value is -1.59. The molecule has 0 aromatic heterocycles. The highest BCUT2D eigenvalue weighted by Gasteiger charge is 2.22. The van der Waals surface area contributed by atoms with Gasteiger partial charge in [-0.05, 0) is 31.0 Å². The summed E-state index contributed by atoms with van der Waals surface area (Å²) >= 11 is 0. The van der Waals surface area contributed by atoms with Crippen molar-refractivity contribution in [2.24, 2.45) is 5.92 Å². The third-order valence-corrected chi connectivity index (χ3v) is 5.24. The van der Waals surface area contributed by atoms with Crippen molar-refractivity contribution in [3.63, 3.8) is 0 Å². The first kappa shape index (κ1) is 17.2. The molecule has 2 fully saturated rings. The van der Waals surface area contributed by atoms with Crippen LogP contribution in [0.4, 0.5) is 5.69 Å². The monoisotopic (exact) mass is 331 g/mol. The van der Waals surface area contributed by atoms with Crippen LogP contribution >= 0.6 is 0 Å². The smallest absolute Gasteiger partial charge is 0.219 e. The lowest BCUT2D eigenvalue weighted by Crippen LogP contribution is -2.47. The van der Waals surface area contributed by atoms with E-state index in [1.54, 1.807) is 6.92 Å². The van der Waals surface area contributed by atoms with Gasteiger partial charge >= 0.3 is 0 Å². The highest BCUT2D eigenvalue weighted by molar-refractivity contribution is 5.73. The summed E-state index contributed by atoms with van der Waals surface area (Å²) in [6.07, 6.45) is 1.15. The van der Waals surface area contributed by atoms with Crippen molar-refractivity contribution in [2.75, 3.05) is 44.7 Å². The fraction of sp³-hybridized carbons (Fsp3) is 0.632. The molecule has 1 aromatic rings. The Morgan fingerprint density at radius 3 is 2.54 bits per heavy atom. The van der Waals surface area contributed by atoms with Gasteiger partial charge in [0.1, 0.15) is 0 Å². The number of benzene rings is 1. The van der Waals surface area contributed by atoms with Gasteiger partial charge in [0.25, 0.3) is 0 Å². The maximum atomic E-state index is 11.4. The van der Waals surface area contributed by atoms with E-state index in [4.69, 9.17) is 4.74 Å². The van der Waals surface area contributed by atoms with E-state index >= 15 is 0 Å². The van der Waals surface area contributed by atoms with Crippen LogP contribution in [0.3, 0.4) is 0 Å². The summed E-state index contributed by atoms with van der Waals surface area (Å²) in [5, 5.41) is 3.60. The second-order valence-electron chi connectivity index (χ2n) is 7.04. The Labute approximate surface area is 145 Å². The van der Waals surface area contributed by atoms with Crippen LogP contribution in [0.15, 0.2) is 24.3 Å². The summed E-state index contributed by atoms with van der Waals surface area (Å²) in [6, 6.07) is 9.20.